The van der Waals surface area contributed by atoms with Gasteiger partial charge in [-0.15, -0.1) is 0 Å². The summed E-state index contributed by atoms with van der Waals surface area (Å²) in [5, 5.41) is 0. The minimum atomic E-state index is -4.27. The lowest BCUT2D eigenvalue weighted by molar-refractivity contribution is -0.0497. The lowest BCUT2D eigenvalue weighted by Crippen LogP contribution is -2.35. The number of rotatable bonds is 6. The number of ether oxygens (including phenoxy) is 2. The van der Waals surface area contributed by atoms with Crippen LogP contribution in [0.3, 0.4) is 0 Å². The molecule has 1 saturated heterocycles. The molecule has 1 aliphatic rings. The monoisotopic (exact) mass is 389 g/mol. The number of phosphoric acid groups is 1. The molecule has 2 aromatic heterocycles. The summed E-state index contributed by atoms with van der Waals surface area (Å²) >= 11 is 0. The molecule has 26 heavy (non-hydrogen) atoms. The fourth-order valence-corrected chi connectivity index (χ4v) is 3.61. The second kappa shape index (κ2) is 7.06. The summed E-state index contributed by atoms with van der Waals surface area (Å²) in [4.78, 5) is 32.1. The predicted molar refractivity (Wildman–Crippen MR) is 89.3 cm³/mol. The molecule has 3 unspecified atom stereocenters. The zero-order chi connectivity index (χ0) is 19.1. The van der Waals surface area contributed by atoms with Crippen molar-refractivity contribution < 1.29 is 28.0 Å². The van der Waals surface area contributed by atoms with E-state index in [1.54, 1.807) is 0 Å². The van der Waals surface area contributed by atoms with Crippen molar-refractivity contribution in [3.63, 3.8) is 0 Å². The number of hydrogen-bond acceptors (Lipinski definition) is 9. The number of aromatic amines is 1. The van der Waals surface area contributed by atoms with Gasteiger partial charge in [0.1, 0.15) is 12.2 Å². The molecule has 3 rings (SSSR count). The van der Waals surface area contributed by atoms with Crippen molar-refractivity contribution in [3.05, 3.63) is 16.7 Å². The van der Waals surface area contributed by atoms with Crippen molar-refractivity contribution in [2.45, 2.75) is 37.9 Å². The standard InChI is InChI=1S/C13H20N5O7P/c1-4-6-8(25-26(20,21)23-3)9(22-2)12(24-6)18-5-15-7-10(18)16-13(14)17-11(7)19/h5-6,8-9,12H,4H2,1-3H3,(H,20,21)(H3,14,16,17,19)/t6-,8?,9?,12-/m1/s1. The quantitative estimate of drug-likeness (QED) is 0.579. The molecule has 0 aliphatic carbocycles. The SMILES string of the molecule is CC[C@H]1O[C@@H](n2cnc3c(=O)[nH]c(N)nc32)C(OC)C1OP(=O)(O)OC. The van der Waals surface area contributed by atoms with Gasteiger partial charge in [-0.25, -0.2) is 9.55 Å². The highest BCUT2D eigenvalue weighted by molar-refractivity contribution is 7.47. The average Bonchev–Trinajstić information content (AvgIpc) is 3.15. The number of aromatic nitrogens is 4. The van der Waals surface area contributed by atoms with E-state index in [9.17, 15) is 14.3 Å². The molecule has 0 amide bonds. The van der Waals surface area contributed by atoms with Gasteiger partial charge in [0.2, 0.25) is 5.95 Å². The van der Waals surface area contributed by atoms with Crippen molar-refractivity contribution >= 4 is 24.9 Å². The van der Waals surface area contributed by atoms with Gasteiger partial charge >= 0.3 is 7.82 Å². The van der Waals surface area contributed by atoms with Gasteiger partial charge in [0.15, 0.2) is 17.4 Å². The van der Waals surface area contributed by atoms with Crippen LogP contribution in [-0.4, -0.2) is 56.9 Å². The zero-order valence-corrected chi connectivity index (χ0v) is 15.3. The number of methoxy groups -OCH3 is 1. The number of fused-ring (bicyclic) bond motifs is 1. The normalized spacial score (nSPS) is 28.5. The van der Waals surface area contributed by atoms with E-state index in [-0.39, 0.29) is 17.1 Å². The second-order valence-corrected chi connectivity index (χ2v) is 7.18. The number of hydrogen-bond donors (Lipinski definition) is 3. The number of nitrogens with zero attached hydrogens (tertiary/aromatic N) is 3. The number of nitrogens with one attached hydrogen (secondary N) is 1. The minimum absolute atomic E-state index is 0.0738. The third kappa shape index (κ3) is 3.27. The molecule has 12 nitrogen and oxygen atoms in total. The van der Waals surface area contributed by atoms with E-state index in [0.29, 0.717) is 6.42 Å². The van der Waals surface area contributed by atoms with Gasteiger partial charge in [-0.1, -0.05) is 6.92 Å². The first kappa shape index (κ1) is 19.0. The topological polar surface area (TPSA) is 164 Å². The molecule has 5 atom stereocenters. The highest BCUT2D eigenvalue weighted by atomic mass is 31.2. The van der Waals surface area contributed by atoms with Crippen LogP contribution in [0.2, 0.25) is 0 Å². The first-order valence-electron chi connectivity index (χ1n) is 7.78. The first-order chi connectivity index (χ1) is 12.3. The third-order valence-electron chi connectivity index (χ3n) is 4.17. The number of phosphoric ester groups is 1. The molecular formula is C13H20N5O7P. The van der Waals surface area contributed by atoms with E-state index in [4.69, 9.17) is 19.7 Å². The van der Waals surface area contributed by atoms with Gasteiger partial charge < -0.3 is 20.1 Å². The van der Waals surface area contributed by atoms with Crippen LogP contribution in [-0.2, 0) is 23.1 Å². The Morgan fingerprint density at radius 3 is 2.81 bits per heavy atom. The van der Waals surface area contributed by atoms with E-state index >= 15 is 0 Å². The summed E-state index contributed by atoms with van der Waals surface area (Å²) in [5.74, 6) is -0.0738. The van der Waals surface area contributed by atoms with Gasteiger partial charge in [0, 0.05) is 14.2 Å². The van der Waals surface area contributed by atoms with Crippen molar-refractivity contribution in [1.29, 1.82) is 0 Å². The number of imidazole rings is 1. The lowest BCUT2D eigenvalue weighted by atomic mass is 10.1. The summed E-state index contributed by atoms with van der Waals surface area (Å²) in [7, 11) is -1.78. The first-order valence-corrected chi connectivity index (χ1v) is 9.28. The van der Waals surface area contributed by atoms with Gasteiger partial charge in [-0.2, -0.15) is 4.98 Å². The highest BCUT2D eigenvalue weighted by Gasteiger charge is 2.49. The smallest absolute Gasteiger partial charge is 0.374 e. The van der Waals surface area contributed by atoms with Crippen LogP contribution in [0.15, 0.2) is 11.1 Å². The van der Waals surface area contributed by atoms with E-state index < -0.39 is 37.9 Å². The van der Waals surface area contributed by atoms with Gasteiger partial charge in [0.05, 0.1) is 12.4 Å². The van der Waals surface area contributed by atoms with E-state index in [1.165, 1.54) is 18.0 Å². The lowest BCUT2D eigenvalue weighted by Gasteiger charge is -2.24. The Bertz CT molecular complexity index is 899. The molecule has 2 aromatic rings. The highest BCUT2D eigenvalue weighted by Crippen LogP contribution is 2.48. The summed E-state index contributed by atoms with van der Waals surface area (Å²) in [6, 6.07) is 0. The molecule has 0 radical (unpaired) electrons. The van der Waals surface area contributed by atoms with Crippen LogP contribution in [0.1, 0.15) is 19.6 Å². The maximum atomic E-state index is 12.0. The summed E-state index contributed by atoms with van der Waals surface area (Å²) < 4.78 is 34.5. The molecule has 1 aliphatic heterocycles. The maximum Gasteiger partial charge on any atom is 0.472 e. The van der Waals surface area contributed by atoms with Crippen LogP contribution in [0, 0.1) is 0 Å². The molecule has 4 N–H and O–H groups in total. The Labute approximate surface area is 147 Å². The molecule has 0 aromatic carbocycles. The summed E-state index contributed by atoms with van der Waals surface area (Å²) in [6.07, 6.45) is -1.18. The molecule has 144 valence electrons. The van der Waals surface area contributed by atoms with Crippen molar-refractivity contribution in [2.24, 2.45) is 0 Å². The Balaban J connectivity index is 2.03. The predicted octanol–water partition coefficient (Wildman–Crippen LogP) is 0.156. The van der Waals surface area contributed by atoms with Crippen LogP contribution < -0.4 is 11.3 Å². The number of nitrogen functional groups attached to an aromatic ring is 1. The van der Waals surface area contributed by atoms with E-state index in [1.807, 2.05) is 6.92 Å². The van der Waals surface area contributed by atoms with Gasteiger partial charge in [-0.3, -0.25) is 23.4 Å². The Morgan fingerprint density at radius 1 is 1.46 bits per heavy atom. The number of H-pyrrole nitrogens is 1. The summed E-state index contributed by atoms with van der Waals surface area (Å²) in [6.45, 7) is 1.83. The molecule has 0 bridgehead atoms. The van der Waals surface area contributed by atoms with E-state index in [0.717, 1.165) is 7.11 Å². The van der Waals surface area contributed by atoms with Crippen LogP contribution in [0.25, 0.3) is 11.2 Å². The Morgan fingerprint density at radius 2 is 2.19 bits per heavy atom. The Hall–Kier alpha value is -1.82. The maximum absolute atomic E-state index is 12.0. The fraction of sp³-hybridized carbons (Fsp3) is 0.615. The van der Waals surface area contributed by atoms with Crippen molar-refractivity contribution in [3.8, 4) is 0 Å². The fourth-order valence-electron chi connectivity index (χ4n) is 2.96. The minimum Gasteiger partial charge on any atom is -0.374 e. The largest absolute Gasteiger partial charge is 0.472 e. The van der Waals surface area contributed by atoms with Gasteiger partial charge in [0.25, 0.3) is 5.56 Å². The molecule has 3 heterocycles. The van der Waals surface area contributed by atoms with Crippen molar-refractivity contribution in [2.75, 3.05) is 20.0 Å². The zero-order valence-electron chi connectivity index (χ0n) is 14.4. The molecular weight excluding hydrogens is 369 g/mol. The summed E-state index contributed by atoms with van der Waals surface area (Å²) in [5.41, 5.74) is 5.41. The molecule has 13 heteroatoms. The van der Waals surface area contributed by atoms with Crippen LogP contribution in [0.5, 0.6) is 0 Å². The van der Waals surface area contributed by atoms with Gasteiger partial charge in [-0.05, 0) is 6.42 Å². The third-order valence-corrected chi connectivity index (χ3v) is 5.14. The number of nitrogens with two attached hydrogens (primary N) is 1. The van der Waals surface area contributed by atoms with Crippen LogP contribution in [0.4, 0.5) is 5.95 Å². The average molecular weight is 389 g/mol. The van der Waals surface area contributed by atoms with E-state index in [2.05, 4.69) is 19.5 Å². The molecule has 1 fully saturated rings. The van der Waals surface area contributed by atoms with Crippen LogP contribution >= 0.6 is 7.82 Å². The molecule has 0 saturated carbocycles. The Kier molecular flexibility index (Phi) is 5.15. The van der Waals surface area contributed by atoms with Crippen molar-refractivity contribution in [1.82, 2.24) is 19.5 Å². The number of anilines is 1. The molecule has 0 spiro atoms. The second-order valence-electron chi connectivity index (χ2n) is 5.67.